The molecule has 6 heteroatoms. The van der Waals surface area contributed by atoms with E-state index in [9.17, 15) is 14.7 Å². The highest BCUT2D eigenvalue weighted by Crippen LogP contribution is 2.36. The average Bonchev–Trinajstić information content (AvgIpc) is 2.56. The Bertz CT molecular complexity index is 591. The van der Waals surface area contributed by atoms with Crippen LogP contribution in [0.3, 0.4) is 0 Å². The Labute approximate surface area is 116 Å². The number of anilines is 1. The van der Waals surface area contributed by atoms with Gasteiger partial charge < -0.3 is 19.9 Å². The molecule has 1 aliphatic heterocycles. The van der Waals surface area contributed by atoms with Gasteiger partial charge in [-0.25, -0.2) is 4.79 Å². The van der Waals surface area contributed by atoms with Gasteiger partial charge in [0, 0.05) is 5.56 Å². The van der Waals surface area contributed by atoms with Crippen molar-refractivity contribution in [1.29, 1.82) is 0 Å². The zero-order chi connectivity index (χ0) is 14.7. The number of aliphatic hydroxyl groups excluding tert-OH is 1. The molecule has 2 rings (SSSR count). The summed E-state index contributed by atoms with van der Waals surface area (Å²) in [5.74, 6) is -0.970. The summed E-state index contributed by atoms with van der Waals surface area (Å²) in [4.78, 5) is 23.7. The number of nitrogens with one attached hydrogen (secondary N) is 1. The van der Waals surface area contributed by atoms with E-state index in [-0.39, 0.29) is 24.4 Å². The third kappa shape index (κ3) is 2.45. The Morgan fingerprint density at radius 1 is 1.45 bits per heavy atom. The topological polar surface area (TPSA) is 84.9 Å². The molecule has 1 aromatic carbocycles. The van der Waals surface area contributed by atoms with Crippen LogP contribution in [0.5, 0.6) is 5.75 Å². The standard InChI is InChI=1S/C14H15NO5/c1-3-20-14(18)9-7-11(16)15-12-8(13(9)17)5-4-6-10(12)19-2/h4-6,17H,3,7H2,1-2H3,(H,15,16). The normalized spacial score (nSPS) is 14.2. The minimum Gasteiger partial charge on any atom is -0.507 e. The molecule has 0 atom stereocenters. The largest absolute Gasteiger partial charge is 0.507 e. The second kappa shape index (κ2) is 5.64. The fraction of sp³-hybridized carbons (Fsp3) is 0.286. The van der Waals surface area contributed by atoms with Crippen LogP contribution in [0.25, 0.3) is 5.76 Å². The number of methoxy groups -OCH3 is 1. The van der Waals surface area contributed by atoms with Gasteiger partial charge in [-0.3, -0.25) is 4.79 Å². The summed E-state index contributed by atoms with van der Waals surface area (Å²) in [6, 6.07) is 4.91. The second-order valence-corrected chi connectivity index (χ2v) is 4.16. The molecule has 0 spiro atoms. The molecule has 2 N–H and O–H groups in total. The maximum Gasteiger partial charge on any atom is 0.338 e. The summed E-state index contributed by atoms with van der Waals surface area (Å²) in [7, 11) is 1.46. The monoisotopic (exact) mass is 277 g/mol. The maximum absolute atomic E-state index is 11.9. The summed E-state index contributed by atoms with van der Waals surface area (Å²) in [6.07, 6.45) is -0.248. The van der Waals surface area contributed by atoms with Crippen molar-refractivity contribution in [2.75, 3.05) is 19.0 Å². The second-order valence-electron chi connectivity index (χ2n) is 4.16. The van der Waals surface area contributed by atoms with Crippen molar-refractivity contribution in [1.82, 2.24) is 0 Å². The fourth-order valence-electron chi connectivity index (χ4n) is 2.01. The van der Waals surface area contributed by atoms with Crippen molar-refractivity contribution in [3.05, 3.63) is 29.3 Å². The Morgan fingerprint density at radius 2 is 2.20 bits per heavy atom. The molecule has 1 heterocycles. The molecule has 106 valence electrons. The molecule has 0 radical (unpaired) electrons. The van der Waals surface area contributed by atoms with Crippen molar-refractivity contribution in [2.24, 2.45) is 0 Å². The Kier molecular flexibility index (Phi) is 3.93. The molecular formula is C14H15NO5. The van der Waals surface area contributed by atoms with Crippen LogP contribution in [0.2, 0.25) is 0 Å². The van der Waals surface area contributed by atoms with E-state index in [1.165, 1.54) is 7.11 Å². The van der Waals surface area contributed by atoms with Gasteiger partial charge in [0.25, 0.3) is 0 Å². The SMILES string of the molecule is CCOC(=O)C1=C(O)c2cccc(OC)c2NC(=O)C1. The molecule has 1 aromatic rings. The third-order valence-electron chi connectivity index (χ3n) is 2.91. The van der Waals surface area contributed by atoms with E-state index in [0.29, 0.717) is 17.0 Å². The number of fused-ring (bicyclic) bond motifs is 1. The number of hydrogen-bond donors (Lipinski definition) is 2. The van der Waals surface area contributed by atoms with Crippen LogP contribution < -0.4 is 10.1 Å². The van der Waals surface area contributed by atoms with Gasteiger partial charge in [-0.1, -0.05) is 6.07 Å². The molecule has 6 nitrogen and oxygen atoms in total. The quantitative estimate of drug-likeness (QED) is 0.824. The number of carbonyl (C=O) groups is 2. The minimum atomic E-state index is -0.698. The van der Waals surface area contributed by atoms with Crippen LogP contribution in [0.15, 0.2) is 23.8 Å². The lowest BCUT2D eigenvalue weighted by Gasteiger charge is -2.11. The van der Waals surface area contributed by atoms with Crippen molar-refractivity contribution in [3.8, 4) is 5.75 Å². The van der Waals surface area contributed by atoms with Gasteiger partial charge >= 0.3 is 5.97 Å². The number of esters is 1. The molecular weight excluding hydrogens is 262 g/mol. The smallest absolute Gasteiger partial charge is 0.338 e. The number of amides is 1. The molecule has 0 saturated heterocycles. The number of aliphatic hydroxyl groups is 1. The van der Waals surface area contributed by atoms with Gasteiger partial charge in [0.2, 0.25) is 5.91 Å². The zero-order valence-electron chi connectivity index (χ0n) is 11.2. The minimum absolute atomic E-state index is 0.0589. The number of hydrogen-bond acceptors (Lipinski definition) is 5. The summed E-state index contributed by atoms with van der Waals surface area (Å²) in [6.45, 7) is 1.82. The van der Waals surface area contributed by atoms with E-state index in [1.807, 2.05) is 0 Å². The molecule has 0 unspecified atom stereocenters. The van der Waals surface area contributed by atoms with E-state index in [1.54, 1.807) is 25.1 Å². The van der Waals surface area contributed by atoms with Gasteiger partial charge in [0.1, 0.15) is 11.5 Å². The predicted molar refractivity (Wildman–Crippen MR) is 72.4 cm³/mol. The van der Waals surface area contributed by atoms with Crippen LogP contribution in [-0.2, 0) is 14.3 Å². The lowest BCUT2D eigenvalue weighted by molar-refractivity contribution is -0.139. The number of rotatable bonds is 3. The highest BCUT2D eigenvalue weighted by atomic mass is 16.5. The summed E-state index contributed by atoms with van der Waals surface area (Å²) >= 11 is 0. The summed E-state index contributed by atoms with van der Waals surface area (Å²) in [5, 5.41) is 12.9. The molecule has 0 aromatic heterocycles. The first kappa shape index (κ1) is 13.9. The van der Waals surface area contributed by atoms with Crippen molar-refractivity contribution in [2.45, 2.75) is 13.3 Å². The van der Waals surface area contributed by atoms with Crippen molar-refractivity contribution >= 4 is 23.3 Å². The predicted octanol–water partition coefficient (Wildman–Crippen LogP) is 1.87. The zero-order valence-corrected chi connectivity index (χ0v) is 11.2. The van der Waals surface area contributed by atoms with E-state index < -0.39 is 11.9 Å². The van der Waals surface area contributed by atoms with E-state index in [4.69, 9.17) is 9.47 Å². The Balaban J connectivity index is 2.58. The molecule has 0 saturated carbocycles. The van der Waals surface area contributed by atoms with Gasteiger partial charge in [-0.05, 0) is 19.1 Å². The fourth-order valence-corrected chi connectivity index (χ4v) is 2.01. The van der Waals surface area contributed by atoms with Crippen LogP contribution in [0, 0.1) is 0 Å². The first-order valence-electron chi connectivity index (χ1n) is 6.15. The molecule has 1 aliphatic rings. The van der Waals surface area contributed by atoms with E-state index in [0.717, 1.165) is 0 Å². The van der Waals surface area contributed by atoms with Gasteiger partial charge in [0.05, 0.1) is 31.4 Å². The molecule has 0 fully saturated rings. The van der Waals surface area contributed by atoms with Gasteiger partial charge in [-0.2, -0.15) is 0 Å². The summed E-state index contributed by atoms with van der Waals surface area (Å²) < 4.78 is 10.0. The van der Waals surface area contributed by atoms with Crippen LogP contribution in [0.1, 0.15) is 18.9 Å². The first-order chi connectivity index (χ1) is 9.58. The number of para-hydroxylation sites is 1. The first-order valence-corrected chi connectivity index (χ1v) is 6.15. The molecule has 1 amide bonds. The van der Waals surface area contributed by atoms with Crippen LogP contribution in [-0.4, -0.2) is 30.7 Å². The Hall–Kier alpha value is -2.50. The number of ether oxygens (including phenoxy) is 2. The summed E-state index contributed by atoms with van der Waals surface area (Å²) in [5.41, 5.74) is 0.617. The Morgan fingerprint density at radius 3 is 2.85 bits per heavy atom. The number of benzene rings is 1. The van der Waals surface area contributed by atoms with Crippen molar-refractivity contribution in [3.63, 3.8) is 0 Å². The van der Waals surface area contributed by atoms with E-state index in [2.05, 4.69) is 5.32 Å². The lowest BCUT2D eigenvalue weighted by Crippen LogP contribution is -2.16. The van der Waals surface area contributed by atoms with Crippen molar-refractivity contribution < 1.29 is 24.2 Å². The third-order valence-corrected chi connectivity index (χ3v) is 2.91. The maximum atomic E-state index is 11.9. The number of carbonyl (C=O) groups excluding carboxylic acids is 2. The molecule has 20 heavy (non-hydrogen) atoms. The lowest BCUT2D eigenvalue weighted by atomic mass is 10.1. The van der Waals surface area contributed by atoms with Crippen LogP contribution >= 0.6 is 0 Å². The van der Waals surface area contributed by atoms with E-state index >= 15 is 0 Å². The molecule has 0 aliphatic carbocycles. The van der Waals surface area contributed by atoms with Gasteiger partial charge in [0.15, 0.2) is 0 Å². The molecule has 0 bridgehead atoms. The highest BCUT2D eigenvalue weighted by Gasteiger charge is 2.28. The highest BCUT2D eigenvalue weighted by molar-refractivity contribution is 6.08. The van der Waals surface area contributed by atoms with Crippen LogP contribution in [0.4, 0.5) is 5.69 Å². The van der Waals surface area contributed by atoms with Gasteiger partial charge in [-0.15, -0.1) is 0 Å². The average molecular weight is 277 g/mol.